The molecule has 0 aliphatic carbocycles. The highest BCUT2D eigenvalue weighted by molar-refractivity contribution is 8.00. The fraction of sp³-hybridized carbons (Fsp3) is 0.450. The number of ketones is 1. The number of rotatable bonds is 8. The zero-order chi connectivity index (χ0) is 21.8. The van der Waals surface area contributed by atoms with Crippen LogP contribution in [0.2, 0.25) is 0 Å². The van der Waals surface area contributed by atoms with Gasteiger partial charge in [0.25, 0.3) is 0 Å². The summed E-state index contributed by atoms with van der Waals surface area (Å²) < 4.78 is 1.77. The van der Waals surface area contributed by atoms with Crippen molar-refractivity contribution in [3.63, 3.8) is 0 Å². The van der Waals surface area contributed by atoms with Crippen molar-refractivity contribution in [2.75, 3.05) is 5.32 Å². The van der Waals surface area contributed by atoms with Gasteiger partial charge >= 0.3 is 0 Å². The van der Waals surface area contributed by atoms with Crippen molar-refractivity contribution in [3.05, 3.63) is 35.7 Å². The molecule has 3 N–H and O–H groups in total. The number of benzene rings is 1. The van der Waals surface area contributed by atoms with Crippen molar-refractivity contribution in [1.82, 2.24) is 14.8 Å². The summed E-state index contributed by atoms with van der Waals surface area (Å²) in [5.74, 6) is 0.109. The van der Waals surface area contributed by atoms with Crippen LogP contribution in [0.15, 0.2) is 29.4 Å². The molecule has 0 saturated heterocycles. The van der Waals surface area contributed by atoms with Crippen LogP contribution in [0.1, 0.15) is 50.3 Å². The van der Waals surface area contributed by atoms with Crippen LogP contribution in [-0.2, 0) is 23.1 Å². The first-order valence-electron chi connectivity index (χ1n) is 9.28. The largest absolute Gasteiger partial charge is 0.370 e. The van der Waals surface area contributed by atoms with E-state index in [1.807, 2.05) is 20.8 Å². The van der Waals surface area contributed by atoms with Gasteiger partial charge in [0.15, 0.2) is 10.9 Å². The van der Waals surface area contributed by atoms with Gasteiger partial charge in [0.05, 0.1) is 5.25 Å². The number of anilines is 1. The number of nitrogens with one attached hydrogen (secondary N) is 1. The van der Waals surface area contributed by atoms with Crippen molar-refractivity contribution in [2.24, 2.45) is 18.2 Å². The van der Waals surface area contributed by atoms with Crippen LogP contribution >= 0.6 is 11.8 Å². The number of nitrogens with zero attached hydrogens (tertiary/aromatic N) is 3. The molecule has 156 valence electrons. The number of carbonyl (C=O) groups is 3. The zero-order valence-corrected chi connectivity index (χ0v) is 18.2. The van der Waals surface area contributed by atoms with Crippen LogP contribution in [0.25, 0.3) is 0 Å². The molecule has 1 heterocycles. The summed E-state index contributed by atoms with van der Waals surface area (Å²) in [4.78, 5) is 35.7. The number of hydrogen-bond acceptors (Lipinski definition) is 6. The average molecular weight is 418 g/mol. The number of amides is 2. The number of nitrogens with two attached hydrogens (primary N) is 1. The molecule has 9 heteroatoms. The lowest BCUT2D eigenvalue weighted by molar-refractivity contribution is -0.123. The van der Waals surface area contributed by atoms with E-state index in [2.05, 4.69) is 15.5 Å². The van der Waals surface area contributed by atoms with Gasteiger partial charge in [0, 0.05) is 36.6 Å². The van der Waals surface area contributed by atoms with E-state index in [1.54, 1.807) is 42.8 Å². The van der Waals surface area contributed by atoms with Gasteiger partial charge < -0.3 is 15.6 Å². The quantitative estimate of drug-likeness (QED) is 0.503. The summed E-state index contributed by atoms with van der Waals surface area (Å²) in [7, 11) is 1.79. The maximum atomic E-state index is 12.7. The van der Waals surface area contributed by atoms with E-state index in [1.165, 1.54) is 11.8 Å². The monoisotopic (exact) mass is 417 g/mol. The van der Waals surface area contributed by atoms with E-state index in [0.717, 1.165) is 0 Å². The fourth-order valence-electron chi connectivity index (χ4n) is 2.38. The highest BCUT2D eigenvalue weighted by Crippen LogP contribution is 2.25. The third-order valence-corrected chi connectivity index (χ3v) is 5.41. The van der Waals surface area contributed by atoms with E-state index < -0.39 is 11.3 Å². The number of thioether (sulfide) groups is 1. The van der Waals surface area contributed by atoms with E-state index in [0.29, 0.717) is 28.7 Å². The summed E-state index contributed by atoms with van der Waals surface area (Å²) in [5, 5.41) is 11.2. The Morgan fingerprint density at radius 1 is 1.17 bits per heavy atom. The Balaban J connectivity index is 2.01. The van der Waals surface area contributed by atoms with Crippen LogP contribution in [0.4, 0.5) is 5.69 Å². The molecule has 8 nitrogen and oxygen atoms in total. The first-order valence-corrected chi connectivity index (χ1v) is 10.2. The van der Waals surface area contributed by atoms with Crippen molar-refractivity contribution >= 4 is 35.0 Å². The first kappa shape index (κ1) is 22.6. The second-order valence-corrected chi connectivity index (χ2v) is 9.14. The standard InChI is InChI=1S/C20H27N5O3S/c1-12(29-19-24-23-16(25(19)5)11-10-15(21)26)17(27)13-6-8-14(9-7-13)22-18(28)20(2,3)4/h6-9,12H,10-11H2,1-5H3,(H2,21,26)(H,22,28)/t12-/m0/s1. The molecule has 0 spiro atoms. The molecule has 2 rings (SSSR count). The van der Waals surface area contributed by atoms with E-state index >= 15 is 0 Å². The lowest BCUT2D eigenvalue weighted by Gasteiger charge is -2.17. The molecule has 0 saturated carbocycles. The van der Waals surface area contributed by atoms with Gasteiger partial charge in [0.2, 0.25) is 11.8 Å². The molecule has 0 bridgehead atoms. The Labute approximate surface area is 174 Å². The van der Waals surface area contributed by atoms with E-state index in [4.69, 9.17) is 5.73 Å². The van der Waals surface area contributed by atoms with Crippen molar-refractivity contribution < 1.29 is 14.4 Å². The molecule has 0 unspecified atom stereocenters. The summed E-state index contributed by atoms with van der Waals surface area (Å²) >= 11 is 1.30. The minimum absolute atomic E-state index is 0.0506. The predicted octanol–water partition coefficient (Wildman–Crippen LogP) is 2.58. The van der Waals surface area contributed by atoms with Crippen LogP contribution in [0.3, 0.4) is 0 Å². The fourth-order valence-corrected chi connectivity index (χ4v) is 3.29. The molecule has 0 fully saturated rings. The van der Waals surface area contributed by atoms with Gasteiger partial charge in [-0.1, -0.05) is 32.5 Å². The highest BCUT2D eigenvalue weighted by atomic mass is 32.2. The van der Waals surface area contributed by atoms with Crippen molar-refractivity contribution in [3.8, 4) is 0 Å². The number of carbonyl (C=O) groups excluding carboxylic acids is 3. The Morgan fingerprint density at radius 2 is 1.79 bits per heavy atom. The lowest BCUT2D eigenvalue weighted by Crippen LogP contribution is -2.27. The van der Waals surface area contributed by atoms with Crippen LogP contribution in [0, 0.1) is 5.41 Å². The molecule has 1 aromatic heterocycles. The molecule has 0 aliphatic rings. The van der Waals surface area contributed by atoms with Crippen molar-refractivity contribution in [2.45, 2.75) is 50.9 Å². The first-order chi connectivity index (χ1) is 13.5. The van der Waals surface area contributed by atoms with Gasteiger partial charge in [-0.25, -0.2) is 0 Å². The predicted molar refractivity (Wildman–Crippen MR) is 113 cm³/mol. The molecule has 1 aromatic carbocycles. The average Bonchev–Trinajstić information content (AvgIpc) is 2.99. The maximum Gasteiger partial charge on any atom is 0.229 e. The smallest absolute Gasteiger partial charge is 0.229 e. The van der Waals surface area contributed by atoms with Crippen LogP contribution < -0.4 is 11.1 Å². The third kappa shape index (κ3) is 6.15. The molecular formula is C20H27N5O3S. The Kier molecular flexibility index (Phi) is 7.18. The Hall–Kier alpha value is -2.68. The van der Waals surface area contributed by atoms with Gasteiger partial charge in [-0.15, -0.1) is 10.2 Å². The Bertz CT molecular complexity index is 900. The van der Waals surface area contributed by atoms with Gasteiger partial charge in [0.1, 0.15) is 5.82 Å². The molecule has 2 amide bonds. The highest BCUT2D eigenvalue weighted by Gasteiger charge is 2.22. The minimum Gasteiger partial charge on any atom is -0.370 e. The van der Waals surface area contributed by atoms with Gasteiger partial charge in [-0.3, -0.25) is 14.4 Å². The van der Waals surface area contributed by atoms with E-state index in [9.17, 15) is 14.4 Å². The second-order valence-electron chi connectivity index (χ2n) is 7.83. The normalized spacial score (nSPS) is 12.4. The van der Waals surface area contributed by atoms with Gasteiger partial charge in [-0.2, -0.15) is 0 Å². The zero-order valence-electron chi connectivity index (χ0n) is 17.4. The summed E-state index contributed by atoms with van der Waals surface area (Å²) in [6.45, 7) is 7.32. The van der Waals surface area contributed by atoms with Crippen LogP contribution in [-0.4, -0.2) is 37.6 Å². The number of Topliss-reactive ketones (excluding diaryl/α,β-unsaturated/α-hetero) is 1. The molecule has 29 heavy (non-hydrogen) atoms. The van der Waals surface area contributed by atoms with Gasteiger partial charge in [-0.05, 0) is 31.2 Å². The summed E-state index contributed by atoms with van der Waals surface area (Å²) in [6, 6.07) is 6.84. The second kappa shape index (κ2) is 9.21. The Morgan fingerprint density at radius 3 is 2.34 bits per heavy atom. The third-order valence-electron chi connectivity index (χ3n) is 4.28. The molecule has 0 radical (unpaired) electrons. The summed E-state index contributed by atoms with van der Waals surface area (Å²) in [5.41, 5.74) is 5.88. The molecule has 0 aliphatic heterocycles. The van der Waals surface area contributed by atoms with Crippen molar-refractivity contribution in [1.29, 1.82) is 0 Å². The maximum absolute atomic E-state index is 12.7. The lowest BCUT2D eigenvalue weighted by atomic mass is 9.95. The topological polar surface area (TPSA) is 120 Å². The van der Waals surface area contributed by atoms with Crippen LogP contribution in [0.5, 0.6) is 0 Å². The SMILES string of the molecule is C[C@H](Sc1nnc(CCC(N)=O)n1C)C(=O)c1ccc(NC(=O)C(C)(C)C)cc1. The number of aryl methyl sites for hydroxylation is 1. The number of primary amides is 1. The number of hydrogen-bond donors (Lipinski definition) is 2. The summed E-state index contributed by atoms with van der Waals surface area (Å²) in [6.07, 6.45) is 0.604. The van der Waals surface area contributed by atoms with E-state index in [-0.39, 0.29) is 23.4 Å². The molecule has 1 atom stereocenters. The molecule has 2 aromatic rings. The minimum atomic E-state index is -0.494. The molecular weight excluding hydrogens is 390 g/mol. The number of aromatic nitrogens is 3.